The van der Waals surface area contributed by atoms with Gasteiger partial charge in [0.1, 0.15) is 0 Å². The minimum Gasteiger partial charge on any atom is -0.204 e. The van der Waals surface area contributed by atoms with Crippen molar-refractivity contribution in [2.24, 2.45) is 4.88 Å². The van der Waals surface area contributed by atoms with E-state index in [0.29, 0.717) is 0 Å². The molecule has 0 saturated carbocycles. The van der Waals surface area contributed by atoms with E-state index in [4.69, 9.17) is 10.8 Å². The van der Waals surface area contributed by atoms with E-state index < -0.39 is 16.1 Å². The second-order valence-electron chi connectivity index (χ2n) is 0.628. The monoisotopic (exact) mass is 154 g/mol. The van der Waals surface area contributed by atoms with E-state index in [2.05, 4.69) is 14.5 Å². The molecule has 0 fully saturated rings. The van der Waals surface area contributed by atoms with E-state index in [-0.39, 0.29) is 0 Å². The van der Waals surface area contributed by atoms with Crippen molar-refractivity contribution in [3.05, 3.63) is 10.4 Å². The molecule has 1 N–H and O–H groups in total. The lowest BCUT2D eigenvalue weighted by atomic mass is 13.0. The van der Waals surface area contributed by atoms with Gasteiger partial charge in [-0.15, -0.1) is 0 Å². The highest BCUT2D eigenvalue weighted by molar-refractivity contribution is 8.12. The van der Waals surface area contributed by atoms with Gasteiger partial charge < -0.3 is 0 Å². The Hall–Kier alpha value is -0.240. The number of hydrogen-bond donors (Lipinski definition) is 1. The zero-order valence-corrected chi connectivity index (χ0v) is 5.45. The lowest BCUT2D eigenvalue weighted by molar-refractivity contribution is -0.126. The molecule has 2 unspecified atom stereocenters. The molecule has 8 heteroatoms. The van der Waals surface area contributed by atoms with Crippen molar-refractivity contribution in [1.82, 2.24) is 0 Å². The highest BCUT2D eigenvalue weighted by atomic mass is 32.0. The van der Waals surface area contributed by atoms with Gasteiger partial charge >= 0.3 is 7.72 Å². The Labute approximate surface area is 47.0 Å². The van der Waals surface area contributed by atoms with Crippen LogP contribution in [0.2, 0.25) is 0 Å². The SMILES string of the molecule is [N-]=[N+]=NP[P+](=O)OO. The first kappa shape index (κ1) is 7.76. The minimum atomic E-state index is -2.17. The van der Waals surface area contributed by atoms with Gasteiger partial charge in [-0.25, -0.2) is 5.26 Å². The summed E-state index contributed by atoms with van der Waals surface area (Å²) in [6.45, 7) is 0. The van der Waals surface area contributed by atoms with E-state index in [1.165, 1.54) is 0 Å². The molecule has 0 aliphatic rings. The first-order valence-electron chi connectivity index (χ1n) is 1.39. The first-order chi connectivity index (χ1) is 3.81. The number of nitrogens with zero attached hydrogens (tertiary/aromatic N) is 3. The van der Waals surface area contributed by atoms with Crippen LogP contribution in [0.25, 0.3) is 10.4 Å². The van der Waals surface area contributed by atoms with Crippen LogP contribution >= 0.6 is 16.1 Å². The third-order valence-corrected chi connectivity index (χ3v) is 1.74. The molecule has 0 aliphatic heterocycles. The highest BCUT2D eigenvalue weighted by Crippen LogP contribution is 2.45. The summed E-state index contributed by atoms with van der Waals surface area (Å²) in [5.74, 6) is 0. The molecular formula is H2N3O3P2+. The van der Waals surface area contributed by atoms with Crippen molar-refractivity contribution < 1.29 is 14.5 Å². The van der Waals surface area contributed by atoms with Gasteiger partial charge in [-0.1, -0.05) is 0 Å². The molecule has 0 rings (SSSR count). The fraction of sp³-hybridized carbons (Fsp3) is 0. The second-order valence-corrected chi connectivity index (χ2v) is 3.40. The summed E-state index contributed by atoms with van der Waals surface area (Å²) in [5.41, 5.74) is 7.61. The van der Waals surface area contributed by atoms with E-state index >= 15 is 0 Å². The molecule has 0 radical (unpaired) electrons. The van der Waals surface area contributed by atoms with E-state index in [9.17, 15) is 4.57 Å². The summed E-state index contributed by atoms with van der Waals surface area (Å²) in [5, 5.41) is 7.60. The van der Waals surface area contributed by atoms with Gasteiger partial charge in [0, 0.05) is 9.59 Å². The Morgan fingerprint density at radius 3 is 3.00 bits per heavy atom. The maximum Gasteiger partial charge on any atom is 0.557 e. The molecule has 0 aromatic heterocycles. The second kappa shape index (κ2) is 4.91. The van der Waals surface area contributed by atoms with Crippen molar-refractivity contribution in [1.29, 1.82) is 0 Å². The molecule has 2 atom stereocenters. The van der Waals surface area contributed by atoms with Crippen LogP contribution in [0.4, 0.5) is 0 Å². The average Bonchev–Trinajstić information content (AvgIpc) is 1.83. The Kier molecular flexibility index (Phi) is 4.76. The Morgan fingerprint density at radius 1 is 2.00 bits per heavy atom. The molecule has 0 saturated heterocycles. The maximum absolute atomic E-state index is 9.99. The van der Waals surface area contributed by atoms with Crippen molar-refractivity contribution in [2.45, 2.75) is 0 Å². The summed E-state index contributed by atoms with van der Waals surface area (Å²) in [6.07, 6.45) is 0. The van der Waals surface area contributed by atoms with Crippen LogP contribution in [-0.2, 0) is 9.24 Å². The van der Waals surface area contributed by atoms with E-state index in [1.54, 1.807) is 0 Å². The van der Waals surface area contributed by atoms with Gasteiger partial charge in [0.15, 0.2) is 0 Å². The number of azide groups is 1. The van der Waals surface area contributed by atoms with Crippen LogP contribution in [0.15, 0.2) is 4.88 Å². The summed E-state index contributed by atoms with van der Waals surface area (Å²) < 4.78 is 13.3. The fourth-order valence-electron chi connectivity index (χ4n) is 0.0748. The highest BCUT2D eigenvalue weighted by Gasteiger charge is 2.14. The molecule has 0 heterocycles. The topological polar surface area (TPSA) is 95.3 Å². The van der Waals surface area contributed by atoms with Crippen molar-refractivity contribution in [2.75, 3.05) is 0 Å². The zero-order chi connectivity index (χ0) is 6.41. The van der Waals surface area contributed by atoms with Crippen LogP contribution in [0.5, 0.6) is 0 Å². The van der Waals surface area contributed by atoms with Crippen LogP contribution < -0.4 is 0 Å². The molecule has 0 aromatic rings. The Bertz CT molecular complexity index is 126. The smallest absolute Gasteiger partial charge is 0.204 e. The molecule has 0 aliphatic carbocycles. The normalized spacial score (nSPS) is 11.4. The quantitative estimate of drug-likeness (QED) is 0.168. The molecule has 44 valence electrons. The summed E-state index contributed by atoms with van der Waals surface area (Å²) >= 11 is 0. The Balaban J connectivity index is 3.39. The third-order valence-electron chi connectivity index (χ3n) is 0.245. The van der Waals surface area contributed by atoms with Crippen LogP contribution in [0.1, 0.15) is 0 Å². The molecule has 8 heavy (non-hydrogen) atoms. The van der Waals surface area contributed by atoms with Gasteiger partial charge in [0.25, 0.3) is 8.42 Å². The van der Waals surface area contributed by atoms with E-state index in [0.717, 1.165) is 0 Å². The maximum atomic E-state index is 9.99. The van der Waals surface area contributed by atoms with Crippen LogP contribution in [-0.4, -0.2) is 5.26 Å². The van der Waals surface area contributed by atoms with Crippen LogP contribution in [0, 0.1) is 0 Å². The van der Waals surface area contributed by atoms with Gasteiger partial charge in [-0.05, 0) is 15.0 Å². The summed E-state index contributed by atoms with van der Waals surface area (Å²) in [7, 11) is -2.72. The third kappa shape index (κ3) is 3.93. The van der Waals surface area contributed by atoms with Gasteiger partial charge in [0.05, 0.1) is 0 Å². The van der Waals surface area contributed by atoms with E-state index in [1.807, 2.05) is 0 Å². The van der Waals surface area contributed by atoms with Gasteiger partial charge in [0.2, 0.25) is 0 Å². The van der Waals surface area contributed by atoms with Gasteiger partial charge in [-0.3, -0.25) is 0 Å². The predicted molar refractivity (Wildman–Crippen MR) is 28.8 cm³/mol. The molecule has 0 spiro atoms. The van der Waals surface area contributed by atoms with Crippen molar-refractivity contribution >= 4 is 16.1 Å². The largest absolute Gasteiger partial charge is 0.557 e. The number of rotatable bonds is 3. The molecule has 6 nitrogen and oxygen atoms in total. The lowest BCUT2D eigenvalue weighted by Crippen LogP contribution is -1.55. The average molecular weight is 154 g/mol. The minimum absolute atomic E-state index is 0.549. The first-order valence-corrected chi connectivity index (χ1v) is 4.36. The zero-order valence-electron chi connectivity index (χ0n) is 3.55. The Morgan fingerprint density at radius 2 is 2.62 bits per heavy atom. The standard InChI is InChI=1S/HN3O3P2/c1-2-3-7-8(5)6-4/h7H/p+1. The van der Waals surface area contributed by atoms with Crippen molar-refractivity contribution in [3.63, 3.8) is 0 Å². The lowest BCUT2D eigenvalue weighted by Gasteiger charge is -1.65. The molecule has 0 bridgehead atoms. The fourth-order valence-corrected chi connectivity index (χ4v) is 0.673. The molecule has 0 amide bonds. The summed E-state index contributed by atoms with van der Waals surface area (Å²) in [4.78, 5) is 5.17. The molecule has 0 aromatic carbocycles. The van der Waals surface area contributed by atoms with Gasteiger partial charge in [-0.2, -0.15) is 0 Å². The molecular weight excluding hydrogens is 152 g/mol. The van der Waals surface area contributed by atoms with Crippen LogP contribution in [0.3, 0.4) is 0 Å². The number of hydrogen-bond acceptors (Lipinski definition) is 4. The van der Waals surface area contributed by atoms with Crippen molar-refractivity contribution in [3.8, 4) is 0 Å². The summed E-state index contributed by atoms with van der Waals surface area (Å²) in [6, 6.07) is 0. The predicted octanol–water partition coefficient (Wildman–Crippen LogP) is 2.04.